The summed E-state index contributed by atoms with van der Waals surface area (Å²) in [5.74, 6) is 1.56. The topological polar surface area (TPSA) is 86.5 Å². The molecule has 1 aliphatic heterocycles. The molecule has 1 N–H and O–H groups in total. The van der Waals surface area contributed by atoms with Crippen LogP contribution in [0.5, 0.6) is 11.5 Å². The standard InChI is InChI=1S/C25H21N3O4S/c1-16(23(29)26-22(17-8-4-2-5-9-17)18-10-6-3-7-11-18)33-25-28-27-24(32-25)19-12-13-20-21(14-19)31-15-30-20/h2-14,16,22H,15H2,1H3,(H,26,29). The van der Waals surface area contributed by atoms with Gasteiger partial charge in [-0.15, -0.1) is 10.2 Å². The van der Waals surface area contributed by atoms with Gasteiger partial charge in [-0.2, -0.15) is 0 Å². The molecule has 0 bridgehead atoms. The van der Waals surface area contributed by atoms with Gasteiger partial charge in [0.15, 0.2) is 11.5 Å². The second-order valence-corrected chi connectivity index (χ2v) is 8.76. The van der Waals surface area contributed by atoms with Crippen molar-refractivity contribution in [3.8, 4) is 23.0 Å². The van der Waals surface area contributed by atoms with Crippen LogP contribution in [0, 0.1) is 0 Å². The summed E-state index contributed by atoms with van der Waals surface area (Å²) in [6, 6.07) is 25.0. The van der Waals surface area contributed by atoms with Gasteiger partial charge in [-0.25, -0.2) is 0 Å². The number of nitrogens with one attached hydrogen (secondary N) is 1. The highest BCUT2D eigenvalue weighted by atomic mass is 32.2. The van der Waals surface area contributed by atoms with Crippen molar-refractivity contribution in [2.45, 2.75) is 23.4 Å². The normalized spacial score (nSPS) is 13.2. The van der Waals surface area contributed by atoms with E-state index in [1.165, 1.54) is 11.8 Å². The molecule has 1 aromatic heterocycles. The number of fused-ring (bicyclic) bond motifs is 1. The number of carbonyl (C=O) groups is 1. The number of amides is 1. The van der Waals surface area contributed by atoms with Crippen molar-refractivity contribution in [2.75, 3.05) is 6.79 Å². The van der Waals surface area contributed by atoms with Crippen molar-refractivity contribution in [1.29, 1.82) is 0 Å². The van der Waals surface area contributed by atoms with E-state index in [-0.39, 0.29) is 18.7 Å². The lowest BCUT2D eigenvalue weighted by atomic mass is 9.98. The van der Waals surface area contributed by atoms with Crippen molar-refractivity contribution >= 4 is 17.7 Å². The van der Waals surface area contributed by atoms with Crippen LogP contribution in [0.25, 0.3) is 11.5 Å². The van der Waals surface area contributed by atoms with Crippen LogP contribution in [0.15, 0.2) is 88.5 Å². The zero-order valence-corrected chi connectivity index (χ0v) is 18.6. The van der Waals surface area contributed by atoms with Crippen LogP contribution in [0.3, 0.4) is 0 Å². The minimum absolute atomic E-state index is 0.125. The molecular weight excluding hydrogens is 438 g/mol. The third-order valence-corrected chi connectivity index (χ3v) is 6.16. The van der Waals surface area contributed by atoms with Gasteiger partial charge in [0.25, 0.3) is 5.22 Å². The van der Waals surface area contributed by atoms with E-state index in [0.29, 0.717) is 22.6 Å². The fraction of sp³-hybridized carbons (Fsp3) is 0.160. The molecule has 0 spiro atoms. The van der Waals surface area contributed by atoms with E-state index in [1.807, 2.05) is 73.7 Å². The van der Waals surface area contributed by atoms with Gasteiger partial charge in [-0.1, -0.05) is 72.4 Å². The van der Waals surface area contributed by atoms with E-state index in [4.69, 9.17) is 13.9 Å². The Morgan fingerprint density at radius 3 is 2.27 bits per heavy atom. The first-order chi connectivity index (χ1) is 16.2. The largest absolute Gasteiger partial charge is 0.454 e. The van der Waals surface area contributed by atoms with Crippen LogP contribution >= 0.6 is 11.8 Å². The zero-order chi connectivity index (χ0) is 22.6. The van der Waals surface area contributed by atoms with Gasteiger partial charge in [0.05, 0.1) is 11.3 Å². The maximum absolute atomic E-state index is 13.1. The van der Waals surface area contributed by atoms with E-state index in [1.54, 1.807) is 12.1 Å². The first kappa shape index (κ1) is 21.1. The molecular formula is C25H21N3O4S. The highest BCUT2D eigenvalue weighted by Crippen LogP contribution is 2.36. The second-order valence-electron chi connectivity index (χ2n) is 7.46. The zero-order valence-electron chi connectivity index (χ0n) is 17.8. The first-order valence-electron chi connectivity index (χ1n) is 10.5. The van der Waals surface area contributed by atoms with Gasteiger partial charge in [-0.3, -0.25) is 4.79 Å². The summed E-state index contributed by atoms with van der Waals surface area (Å²) in [5, 5.41) is 11.3. The number of ether oxygens (including phenoxy) is 2. The van der Waals surface area contributed by atoms with E-state index < -0.39 is 5.25 Å². The summed E-state index contributed by atoms with van der Waals surface area (Å²) >= 11 is 1.22. The van der Waals surface area contributed by atoms with Crippen LogP contribution in [-0.2, 0) is 4.79 Å². The van der Waals surface area contributed by atoms with Crippen LogP contribution in [0.4, 0.5) is 0 Å². The van der Waals surface area contributed by atoms with E-state index in [2.05, 4.69) is 15.5 Å². The highest BCUT2D eigenvalue weighted by molar-refractivity contribution is 8.00. The molecule has 5 rings (SSSR count). The number of nitrogens with zero attached hydrogens (tertiary/aromatic N) is 2. The van der Waals surface area contributed by atoms with E-state index in [9.17, 15) is 4.79 Å². The first-order valence-corrected chi connectivity index (χ1v) is 11.4. The number of rotatable bonds is 7. The summed E-state index contributed by atoms with van der Waals surface area (Å²) in [7, 11) is 0. The van der Waals surface area contributed by atoms with Gasteiger partial charge in [-0.05, 0) is 36.2 Å². The van der Waals surface area contributed by atoms with Crippen LogP contribution in [0.2, 0.25) is 0 Å². The average molecular weight is 460 g/mol. The number of hydrogen-bond donors (Lipinski definition) is 1. The number of hydrogen-bond acceptors (Lipinski definition) is 7. The molecule has 166 valence electrons. The van der Waals surface area contributed by atoms with Crippen molar-refractivity contribution in [3.63, 3.8) is 0 Å². The van der Waals surface area contributed by atoms with Crippen molar-refractivity contribution in [1.82, 2.24) is 15.5 Å². The smallest absolute Gasteiger partial charge is 0.277 e. The monoisotopic (exact) mass is 459 g/mol. The Hall–Kier alpha value is -3.78. The molecule has 1 unspecified atom stereocenters. The lowest BCUT2D eigenvalue weighted by Crippen LogP contribution is -2.34. The Bertz CT molecular complexity index is 1210. The Labute approximate surface area is 195 Å². The molecule has 0 saturated heterocycles. The Kier molecular flexibility index (Phi) is 5.99. The highest BCUT2D eigenvalue weighted by Gasteiger charge is 2.24. The van der Waals surface area contributed by atoms with Gasteiger partial charge < -0.3 is 19.2 Å². The molecule has 3 aromatic carbocycles. The summed E-state index contributed by atoms with van der Waals surface area (Å²) in [6.07, 6.45) is 0. The van der Waals surface area contributed by atoms with Crippen molar-refractivity contribution < 1.29 is 18.7 Å². The summed E-state index contributed by atoms with van der Waals surface area (Å²) < 4.78 is 16.5. The molecule has 33 heavy (non-hydrogen) atoms. The predicted molar refractivity (Wildman–Crippen MR) is 124 cm³/mol. The molecule has 1 atom stereocenters. The van der Waals surface area contributed by atoms with Gasteiger partial charge in [0.2, 0.25) is 18.6 Å². The van der Waals surface area contributed by atoms with E-state index in [0.717, 1.165) is 16.7 Å². The molecule has 2 heterocycles. The molecule has 7 nitrogen and oxygen atoms in total. The van der Waals surface area contributed by atoms with Gasteiger partial charge in [0, 0.05) is 5.56 Å². The Morgan fingerprint density at radius 2 is 1.58 bits per heavy atom. The number of aromatic nitrogens is 2. The summed E-state index contributed by atoms with van der Waals surface area (Å²) in [6.45, 7) is 2.01. The quantitative estimate of drug-likeness (QED) is 0.395. The SMILES string of the molecule is CC(Sc1nnc(-c2ccc3c(c2)OCO3)o1)C(=O)NC(c1ccccc1)c1ccccc1. The predicted octanol–water partition coefficient (Wildman–Crippen LogP) is 4.85. The maximum atomic E-state index is 13.1. The molecule has 0 aliphatic carbocycles. The maximum Gasteiger partial charge on any atom is 0.277 e. The van der Waals surface area contributed by atoms with Gasteiger partial charge in [0.1, 0.15) is 0 Å². The lowest BCUT2D eigenvalue weighted by Gasteiger charge is -2.21. The number of carbonyl (C=O) groups excluding carboxylic acids is 1. The molecule has 0 radical (unpaired) electrons. The Morgan fingerprint density at radius 1 is 0.909 bits per heavy atom. The Balaban J connectivity index is 1.29. The minimum Gasteiger partial charge on any atom is -0.454 e. The fourth-order valence-corrected chi connectivity index (χ4v) is 4.21. The van der Waals surface area contributed by atoms with Crippen molar-refractivity contribution in [3.05, 3.63) is 90.0 Å². The fourth-order valence-electron chi connectivity index (χ4n) is 3.52. The average Bonchev–Trinajstić information content (AvgIpc) is 3.52. The molecule has 1 aliphatic rings. The summed E-state index contributed by atoms with van der Waals surface area (Å²) in [5.41, 5.74) is 2.75. The molecule has 8 heteroatoms. The number of thioether (sulfide) groups is 1. The molecule has 0 saturated carbocycles. The van der Waals surface area contributed by atoms with E-state index >= 15 is 0 Å². The third-order valence-electron chi connectivity index (χ3n) is 5.23. The lowest BCUT2D eigenvalue weighted by molar-refractivity contribution is -0.120. The molecule has 1 amide bonds. The molecule has 4 aromatic rings. The van der Waals surface area contributed by atoms with Gasteiger partial charge >= 0.3 is 0 Å². The second kappa shape index (κ2) is 9.38. The van der Waals surface area contributed by atoms with Crippen LogP contribution < -0.4 is 14.8 Å². The third kappa shape index (κ3) is 4.70. The minimum atomic E-state index is -0.440. The van der Waals surface area contributed by atoms with Crippen LogP contribution in [-0.4, -0.2) is 28.1 Å². The molecule has 0 fully saturated rings. The van der Waals surface area contributed by atoms with Crippen molar-refractivity contribution in [2.24, 2.45) is 0 Å². The summed E-state index contributed by atoms with van der Waals surface area (Å²) in [4.78, 5) is 13.1. The van der Waals surface area contributed by atoms with Crippen LogP contribution in [0.1, 0.15) is 24.1 Å². The number of benzene rings is 3.